The van der Waals surface area contributed by atoms with Crippen molar-refractivity contribution < 1.29 is 22.8 Å². The minimum Gasteiger partial charge on any atom is -0.332 e. The van der Waals surface area contributed by atoms with Gasteiger partial charge < -0.3 is 9.88 Å². The number of hydrogen-bond donors (Lipinski definition) is 1. The Bertz CT molecular complexity index is 1300. The minimum absolute atomic E-state index is 0.0574. The van der Waals surface area contributed by atoms with Crippen LogP contribution in [0.5, 0.6) is 0 Å². The molecule has 0 spiro atoms. The Labute approximate surface area is 186 Å². The molecule has 8 heteroatoms. The zero-order valence-corrected chi connectivity index (χ0v) is 17.2. The van der Waals surface area contributed by atoms with Gasteiger partial charge in [0.25, 0.3) is 11.7 Å². The van der Waals surface area contributed by atoms with Crippen LogP contribution in [-0.4, -0.2) is 16.3 Å². The largest absolute Gasteiger partial charge is 0.432 e. The van der Waals surface area contributed by atoms with E-state index in [1.165, 1.54) is 18.2 Å². The second-order valence-electron chi connectivity index (χ2n) is 7.10. The lowest BCUT2D eigenvalue weighted by Gasteiger charge is -2.15. The molecule has 0 aliphatic heterocycles. The Morgan fingerprint density at radius 1 is 0.875 bits per heavy atom. The predicted molar refractivity (Wildman–Crippen MR) is 117 cm³/mol. The predicted octanol–water partition coefficient (Wildman–Crippen LogP) is 6.18. The Kier molecular flexibility index (Phi) is 5.76. The lowest BCUT2D eigenvalue weighted by Crippen LogP contribution is -2.26. The molecule has 1 aromatic heterocycles. The molecule has 0 atom stereocenters. The van der Waals surface area contributed by atoms with Gasteiger partial charge in [-0.05, 0) is 35.9 Å². The highest BCUT2D eigenvalue weighted by atomic mass is 35.5. The fraction of sp³-hybridized carbons (Fsp3) is 0.0833. The molecule has 0 bridgehead atoms. The zero-order valence-electron chi connectivity index (χ0n) is 16.5. The zero-order chi connectivity index (χ0) is 22.9. The summed E-state index contributed by atoms with van der Waals surface area (Å²) in [5.74, 6) is -2.40. The number of rotatable bonds is 5. The van der Waals surface area contributed by atoms with Gasteiger partial charge in [-0.3, -0.25) is 9.59 Å². The van der Waals surface area contributed by atoms with Crippen LogP contribution in [0.4, 0.5) is 18.9 Å². The van der Waals surface area contributed by atoms with Crippen LogP contribution >= 0.6 is 11.6 Å². The van der Waals surface area contributed by atoms with E-state index in [9.17, 15) is 22.8 Å². The number of alkyl halides is 3. The third kappa shape index (κ3) is 4.24. The Hall–Kier alpha value is -3.58. The average Bonchev–Trinajstić information content (AvgIpc) is 3.10. The van der Waals surface area contributed by atoms with E-state index >= 15 is 0 Å². The van der Waals surface area contributed by atoms with Crippen LogP contribution < -0.4 is 5.32 Å². The molecule has 0 saturated heterocycles. The molecular formula is C24H16ClF3N2O2. The van der Waals surface area contributed by atoms with Crippen LogP contribution in [0.1, 0.15) is 21.6 Å². The molecule has 0 aliphatic carbocycles. The van der Waals surface area contributed by atoms with Crippen LogP contribution in [0.2, 0.25) is 5.02 Å². The van der Waals surface area contributed by atoms with Crippen molar-refractivity contribution in [3.05, 3.63) is 101 Å². The topological polar surface area (TPSA) is 51.1 Å². The van der Waals surface area contributed by atoms with Gasteiger partial charge in [0.2, 0.25) is 0 Å². The Morgan fingerprint density at radius 3 is 2.16 bits per heavy atom. The van der Waals surface area contributed by atoms with Crippen molar-refractivity contribution in [3.63, 3.8) is 0 Å². The summed E-state index contributed by atoms with van der Waals surface area (Å²) in [6.45, 7) is -0.153. The van der Waals surface area contributed by atoms with Gasteiger partial charge in [0.05, 0.1) is 5.56 Å². The molecule has 4 rings (SSSR count). The quantitative estimate of drug-likeness (QED) is 0.288. The summed E-state index contributed by atoms with van der Waals surface area (Å²) in [7, 11) is 0. The van der Waals surface area contributed by atoms with Gasteiger partial charge in [0, 0.05) is 28.2 Å². The van der Waals surface area contributed by atoms with Crippen molar-refractivity contribution >= 4 is 39.9 Å². The molecular weight excluding hydrogens is 441 g/mol. The van der Waals surface area contributed by atoms with Gasteiger partial charge in [-0.2, -0.15) is 13.2 Å². The van der Waals surface area contributed by atoms with Crippen LogP contribution in [0, 0.1) is 0 Å². The highest BCUT2D eigenvalue weighted by molar-refractivity contribution is 6.48. The molecule has 0 unspecified atom stereocenters. The van der Waals surface area contributed by atoms with Gasteiger partial charge in [-0.25, -0.2) is 0 Å². The number of carbonyl (C=O) groups excluding carboxylic acids is 2. The first-order chi connectivity index (χ1) is 15.3. The number of fused-ring (bicyclic) bond motifs is 1. The second kappa shape index (κ2) is 8.51. The number of amides is 1. The molecule has 3 aromatic carbocycles. The van der Waals surface area contributed by atoms with Crippen LogP contribution in [-0.2, 0) is 17.5 Å². The maximum Gasteiger partial charge on any atom is 0.432 e. The van der Waals surface area contributed by atoms with Gasteiger partial charge in [0.1, 0.15) is 5.69 Å². The number of halogens is 4. The molecule has 32 heavy (non-hydrogen) atoms. The van der Waals surface area contributed by atoms with E-state index in [-0.39, 0.29) is 17.4 Å². The molecule has 0 saturated carbocycles. The number of nitrogens with one attached hydrogen (secondary N) is 1. The van der Waals surface area contributed by atoms with Crippen LogP contribution in [0.3, 0.4) is 0 Å². The van der Waals surface area contributed by atoms with E-state index in [0.29, 0.717) is 16.3 Å². The molecule has 0 radical (unpaired) electrons. The third-order valence-corrected chi connectivity index (χ3v) is 5.21. The van der Waals surface area contributed by atoms with Crippen LogP contribution in [0.25, 0.3) is 10.9 Å². The van der Waals surface area contributed by atoms with Crippen molar-refractivity contribution in [1.82, 2.24) is 4.57 Å². The SMILES string of the molecule is O=C(Nc1ccccc1)C(=O)c1c(C(F)(F)F)n(Cc2ccc(Cl)cc2)c2ccccc12. The molecule has 0 aliphatic rings. The van der Waals surface area contributed by atoms with E-state index in [4.69, 9.17) is 11.6 Å². The highest BCUT2D eigenvalue weighted by Gasteiger charge is 2.42. The lowest BCUT2D eigenvalue weighted by molar-refractivity contribution is -0.143. The first-order valence-electron chi connectivity index (χ1n) is 9.59. The summed E-state index contributed by atoms with van der Waals surface area (Å²) in [6, 6.07) is 20.5. The average molecular weight is 457 g/mol. The number of aromatic nitrogens is 1. The van der Waals surface area contributed by atoms with Crippen molar-refractivity contribution in [2.45, 2.75) is 12.7 Å². The standard InChI is InChI=1S/C24H16ClF3N2O2/c25-16-12-10-15(11-13-16)14-30-19-9-5-4-8-18(19)20(22(30)24(26,27)28)21(31)23(32)29-17-6-2-1-3-7-17/h1-13H,14H2,(H,29,32). The summed E-state index contributed by atoms with van der Waals surface area (Å²) in [6.07, 6.45) is -4.87. The van der Waals surface area contributed by atoms with Gasteiger partial charge in [0.15, 0.2) is 0 Å². The van der Waals surface area contributed by atoms with Gasteiger partial charge in [-0.1, -0.05) is 60.1 Å². The molecule has 1 amide bonds. The monoisotopic (exact) mass is 456 g/mol. The third-order valence-electron chi connectivity index (χ3n) is 4.96. The number of hydrogen-bond acceptors (Lipinski definition) is 2. The summed E-state index contributed by atoms with van der Waals surface area (Å²) in [5.41, 5.74) is -0.763. The Morgan fingerprint density at radius 2 is 1.50 bits per heavy atom. The maximum atomic E-state index is 14.2. The summed E-state index contributed by atoms with van der Waals surface area (Å²) in [4.78, 5) is 25.6. The van der Waals surface area contributed by atoms with Crippen LogP contribution in [0.15, 0.2) is 78.9 Å². The summed E-state index contributed by atoms with van der Waals surface area (Å²) < 4.78 is 43.7. The van der Waals surface area contributed by atoms with E-state index in [2.05, 4.69) is 5.32 Å². The van der Waals surface area contributed by atoms with Crippen molar-refractivity contribution in [2.75, 3.05) is 5.32 Å². The van der Waals surface area contributed by atoms with E-state index in [1.807, 2.05) is 0 Å². The normalized spacial score (nSPS) is 11.5. The number of para-hydroxylation sites is 2. The smallest absolute Gasteiger partial charge is 0.332 e. The van der Waals surface area contributed by atoms with Crippen molar-refractivity contribution in [2.24, 2.45) is 0 Å². The number of ketones is 1. The molecule has 1 heterocycles. The molecule has 0 fully saturated rings. The van der Waals surface area contributed by atoms with Crippen molar-refractivity contribution in [1.29, 1.82) is 0 Å². The number of anilines is 1. The number of nitrogens with zero attached hydrogens (tertiary/aromatic N) is 1. The van der Waals surface area contributed by atoms with E-state index in [1.54, 1.807) is 60.7 Å². The second-order valence-corrected chi connectivity index (χ2v) is 7.54. The van der Waals surface area contributed by atoms with Crippen molar-refractivity contribution in [3.8, 4) is 0 Å². The highest BCUT2D eigenvalue weighted by Crippen LogP contribution is 2.39. The molecule has 162 valence electrons. The number of Topliss-reactive ketones (excluding diaryl/α,β-unsaturated/α-hetero) is 1. The Balaban J connectivity index is 1.85. The van der Waals surface area contributed by atoms with E-state index < -0.39 is 29.1 Å². The fourth-order valence-electron chi connectivity index (χ4n) is 3.59. The molecule has 1 N–H and O–H groups in total. The van der Waals surface area contributed by atoms with E-state index in [0.717, 1.165) is 4.57 Å². The first-order valence-corrected chi connectivity index (χ1v) is 9.97. The lowest BCUT2D eigenvalue weighted by atomic mass is 10.1. The number of carbonyl (C=O) groups is 2. The summed E-state index contributed by atoms with van der Waals surface area (Å²) in [5, 5.41) is 2.88. The molecule has 4 aromatic rings. The molecule has 4 nitrogen and oxygen atoms in total. The van der Waals surface area contributed by atoms with Gasteiger partial charge >= 0.3 is 6.18 Å². The number of benzene rings is 3. The minimum atomic E-state index is -4.87. The fourth-order valence-corrected chi connectivity index (χ4v) is 3.71. The first kappa shape index (κ1) is 21.6. The summed E-state index contributed by atoms with van der Waals surface area (Å²) >= 11 is 5.88. The van der Waals surface area contributed by atoms with Gasteiger partial charge in [-0.15, -0.1) is 0 Å². The maximum absolute atomic E-state index is 14.2.